The number of H-pyrrole nitrogens is 1. The van der Waals surface area contributed by atoms with E-state index in [2.05, 4.69) is 36.0 Å². The lowest BCUT2D eigenvalue weighted by atomic mass is 10.1. The van der Waals surface area contributed by atoms with Gasteiger partial charge in [-0.15, -0.1) is 4.52 Å². The zero-order valence-corrected chi connectivity index (χ0v) is 20.5. The lowest BCUT2D eigenvalue weighted by molar-refractivity contribution is -0.578. The zero-order valence-electron chi connectivity index (χ0n) is 19.7. The molecule has 0 bridgehead atoms. The number of hydrogen-bond donors (Lipinski definition) is 2. The Balaban J connectivity index is 1.32. The number of aromatic amines is 1. The molecule has 176 valence electrons. The molecule has 34 heavy (non-hydrogen) atoms. The molecule has 0 unspecified atom stereocenters. The number of likely N-dealkylation sites (tertiary alicyclic amines) is 1. The highest BCUT2D eigenvalue weighted by Crippen LogP contribution is 2.28. The van der Waals surface area contributed by atoms with Gasteiger partial charge in [0.25, 0.3) is 0 Å². The first kappa shape index (κ1) is 22.9. The van der Waals surface area contributed by atoms with Crippen molar-refractivity contribution in [2.75, 3.05) is 19.6 Å². The predicted octanol–water partition coefficient (Wildman–Crippen LogP) is 5.69. The number of nitrogens with one attached hydrogen (secondary N) is 1. The van der Waals surface area contributed by atoms with Crippen LogP contribution in [-0.2, 0) is 0 Å². The summed E-state index contributed by atoms with van der Waals surface area (Å²) in [5, 5.41) is 3.27. The van der Waals surface area contributed by atoms with E-state index in [1.54, 1.807) is 0 Å². The first-order valence-electron chi connectivity index (χ1n) is 11.8. The van der Waals surface area contributed by atoms with Crippen molar-refractivity contribution in [3.63, 3.8) is 0 Å². The minimum atomic E-state index is -0.234. The van der Waals surface area contributed by atoms with Crippen LogP contribution < -0.4 is 9.25 Å². The second-order valence-corrected chi connectivity index (χ2v) is 10.2. The van der Waals surface area contributed by atoms with Crippen LogP contribution in [0.3, 0.4) is 0 Å². The number of benzene rings is 2. The van der Waals surface area contributed by atoms with Crippen molar-refractivity contribution in [3.8, 4) is 28.0 Å². The van der Waals surface area contributed by atoms with Gasteiger partial charge in [0.15, 0.2) is 6.20 Å². The lowest BCUT2D eigenvalue weighted by Crippen LogP contribution is -2.44. The van der Waals surface area contributed by atoms with Gasteiger partial charge in [0, 0.05) is 23.5 Å². The molecule has 1 saturated heterocycles. The van der Waals surface area contributed by atoms with E-state index in [1.165, 1.54) is 32.4 Å². The fraction of sp³-hybridized carbons (Fsp3) is 0.333. The van der Waals surface area contributed by atoms with Gasteiger partial charge in [0.1, 0.15) is 17.5 Å². The Labute approximate surface area is 204 Å². The average molecular weight is 476 g/mol. The summed E-state index contributed by atoms with van der Waals surface area (Å²) in [6.07, 6.45) is 9.81. The molecule has 0 aliphatic carbocycles. The second kappa shape index (κ2) is 9.78. The molecule has 0 atom stereocenters. The van der Waals surface area contributed by atoms with Crippen molar-refractivity contribution >= 4 is 17.7 Å². The van der Waals surface area contributed by atoms with Crippen molar-refractivity contribution in [2.24, 2.45) is 0 Å². The van der Waals surface area contributed by atoms with Gasteiger partial charge >= 0.3 is 5.65 Å². The number of aromatic nitrogens is 3. The summed E-state index contributed by atoms with van der Waals surface area (Å²) in [5.74, 6) is 0.885. The molecule has 6 nitrogen and oxygen atoms in total. The van der Waals surface area contributed by atoms with Crippen LogP contribution in [0.1, 0.15) is 33.1 Å². The summed E-state index contributed by atoms with van der Waals surface area (Å²) in [4.78, 5) is 8.04. The molecule has 0 spiro atoms. The Morgan fingerprint density at radius 3 is 2.62 bits per heavy atom. The number of rotatable bonds is 7. The maximum atomic E-state index is 9.37. The number of fused-ring (bicyclic) bond motifs is 1. The van der Waals surface area contributed by atoms with Crippen LogP contribution in [0.25, 0.3) is 27.9 Å². The molecule has 2 N–H and O–H groups in total. The van der Waals surface area contributed by atoms with E-state index in [1.807, 2.05) is 59.5 Å². The molecule has 1 aliphatic rings. The third kappa shape index (κ3) is 5.12. The van der Waals surface area contributed by atoms with E-state index >= 15 is 0 Å². The highest BCUT2D eigenvalue weighted by atomic mass is 32.2. The minimum Gasteiger partial charge on any atom is -0.487 e. The maximum absolute atomic E-state index is 9.37. The number of nitrogens with zero attached hydrogens (tertiary/aromatic N) is 3. The fourth-order valence-corrected chi connectivity index (χ4v) is 5.05. The Morgan fingerprint density at radius 1 is 1.06 bits per heavy atom. The molecule has 2 aromatic heterocycles. The van der Waals surface area contributed by atoms with Gasteiger partial charge in [0.05, 0.1) is 17.3 Å². The van der Waals surface area contributed by atoms with E-state index in [4.69, 9.17) is 9.72 Å². The molecule has 1 fully saturated rings. The lowest BCUT2D eigenvalue weighted by Gasteiger charge is -2.35. The number of ether oxygens (including phenoxy) is 1. The van der Waals surface area contributed by atoms with Gasteiger partial charge < -0.3 is 9.29 Å². The summed E-state index contributed by atoms with van der Waals surface area (Å²) in [5.41, 5.74) is 4.70. The largest absolute Gasteiger partial charge is 0.487 e. The normalized spacial score (nSPS) is 15.0. The van der Waals surface area contributed by atoms with Crippen LogP contribution >= 0.6 is 12.0 Å². The third-order valence-corrected chi connectivity index (χ3v) is 6.76. The Kier molecular flexibility index (Phi) is 6.59. The summed E-state index contributed by atoms with van der Waals surface area (Å²) < 4.78 is 17.6. The van der Waals surface area contributed by atoms with E-state index in [9.17, 15) is 4.55 Å². The van der Waals surface area contributed by atoms with Crippen molar-refractivity contribution < 1.29 is 13.8 Å². The van der Waals surface area contributed by atoms with Crippen molar-refractivity contribution in [1.29, 1.82) is 0 Å². The Hall–Kier alpha value is -2.87. The topological polar surface area (TPSA) is 65.5 Å². The van der Waals surface area contributed by atoms with Crippen LogP contribution in [0.5, 0.6) is 5.75 Å². The molecule has 0 amide bonds. The van der Waals surface area contributed by atoms with Crippen molar-refractivity contribution in [1.82, 2.24) is 15.0 Å². The monoisotopic (exact) mass is 475 g/mol. The van der Waals surface area contributed by atoms with Gasteiger partial charge in [-0.05, 0) is 80.2 Å². The average Bonchev–Trinajstić information content (AvgIpc) is 3.28. The molecule has 4 aromatic rings. The highest BCUT2D eigenvalue weighted by molar-refractivity contribution is 7.93. The minimum absolute atomic E-state index is 0.234. The fourth-order valence-electron chi connectivity index (χ4n) is 4.73. The quantitative estimate of drug-likeness (QED) is 0.265. The van der Waals surface area contributed by atoms with Crippen LogP contribution in [0.15, 0.2) is 72.0 Å². The Morgan fingerprint density at radius 2 is 1.85 bits per heavy atom. The standard InChI is InChI=1S/C27H30N4O2S/c1-27(2,19-30-13-4-3-5-14-30)33-23-11-9-20(10-12-23)22-16-28-26-25(17-29-31(26)18-22)21-7-6-8-24(15-21)34-32/h6-12,15-18,32H,3-5,13-14,19H2,1-2H3/p+1. The molecular weight excluding hydrogens is 444 g/mol. The van der Waals surface area contributed by atoms with E-state index in [0.717, 1.165) is 57.1 Å². The zero-order chi connectivity index (χ0) is 23.5. The number of hydrogen-bond acceptors (Lipinski definition) is 5. The molecule has 7 heteroatoms. The molecule has 0 saturated carbocycles. The number of piperidine rings is 1. The van der Waals surface area contributed by atoms with Crippen molar-refractivity contribution in [3.05, 3.63) is 67.1 Å². The van der Waals surface area contributed by atoms with Gasteiger partial charge in [0.2, 0.25) is 0 Å². The molecule has 5 rings (SSSR count). The molecule has 1 aliphatic heterocycles. The summed E-state index contributed by atoms with van der Waals surface area (Å²) in [7, 11) is 0. The van der Waals surface area contributed by atoms with E-state index < -0.39 is 0 Å². The van der Waals surface area contributed by atoms with Gasteiger partial charge in [-0.2, -0.15) is 0 Å². The molecule has 3 heterocycles. The highest BCUT2D eigenvalue weighted by Gasteiger charge is 2.25. The van der Waals surface area contributed by atoms with Gasteiger partial charge in [-0.1, -0.05) is 30.7 Å². The summed E-state index contributed by atoms with van der Waals surface area (Å²) in [6, 6.07) is 16.0. The van der Waals surface area contributed by atoms with Crippen molar-refractivity contribution in [2.45, 2.75) is 43.6 Å². The SMILES string of the molecule is CC(C)(CN1CCCCC1)Oc1ccc(-c2cnc3c(-c4cccc(SO)c4)c[nH][n+]3c2)cc1. The smallest absolute Gasteiger partial charge is 0.355 e. The Bertz CT molecular complexity index is 1260. The molecule has 0 radical (unpaired) electrons. The van der Waals surface area contributed by atoms with Crippen LogP contribution in [-0.4, -0.2) is 44.8 Å². The molecular formula is C27H31N4O2S+. The third-order valence-electron chi connectivity index (χ3n) is 6.30. The van der Waals surface area contributed by atoms with E-state index in [0.29, 0.717) is 0 Å². The van der Waals surface area contributed by atoms with Gasteiger partial charge in [-0.3, -0.25) is 4.90 Å². The second-order valence-electron chi connectivity index (χ2n) is 9.57. The van der Waals surface area contributed by atoms with Gasteiger partial charge in [-0.25, -0.2) is 5.10 Å². The first-order chi connectivity index (χ1) is 16.5. The first-order valence-corrected chi connectivity index (χ1v) is 12.6. The maximum Gasteiger partial charge on any atom is 0.355 e. The van der Waals surface area contributed by atoms with E-state index in [-0.39, 0.29) is 5.60 Å². The predicted molar refractivity (Wildman–Crippen MR) is 136 cm³/mol. The van der Waals surface area contributed by atoms with Crippen LogP contribution in [0.2, 0.25) is 0 Å². The van der Waals surface area contributed by atoms with Crippen LogP contribution in [0.4, 0.5) is 0 Å². The molecule has 2 aromatic carbocycles. The summed E-state index contributed by atoms with van der Waals surface area (Å²) >= 11 is 0.748. The van der Waals surface area contributed by atoms with Crippen LogP contribution in [0, 0.1) is 0 Å². The summed E-state index contributed by atoms with van der Waals surface area (Å²) in [6.45, 7) is 7.63.